The molecule has 0 aliphatic carbocycles. The fourth-order valence-electron chi connectivity index (χ4n) is 3.10. The Balaban J connectivity index is 2.25. The predicted octanol–water partition coefficient (Wildman–Crippen LogP) is 2.96. The molecule has 1 aromatic carbocycles. The lowest BCUT2D eigenvalue weighted by Crippen LogP contribution is -2.58. The summed E-state index contributed by atoms with van der Waals surface area (Å²) < 4.78 is 5.92. The molecule has 0 spiro atoms. The third kappa shape index (κ3) is 2.99. The third-order valence-electron chi connectivity index (χ3n) is 4.70. The predicted molar refractivity (Wildman–Crippen MR) is 85.2 cm³/mol. The Kier molecular flexibility index (Phi) is 4.71. The van der Waals surface area contributed by atoms with Gasteiger partial charge in [-0.25, -0.2) is 0 Å². The molecular formula is C17H28N2O. The molecule has 1 saturated heterocycles. The van der Waals surface area contributed by atoms with Gasteiger partial charge < -0.3 is 15.4 Å². The molecule has 2 unspecified atom stereocenters. The fraction of sp³-hybridized carbons (Fsp3) is 0.647. The van der Waals surface area contributed by atoms with E-state index in [9.17, 15) is 0 Å². The number of anilines is 1. The minimum absolute atomic E-state index is 0.0149. The van der Waals surface area contributed by atoms with Crippen molar-refractivity contribution in [3.63, 3.8) is 0 Å². The molecule has 1 heterocycles. The van der Waals surface area contributed by atoms with Gasteiger partial charge in [0.2, 0.25) is 0 Å². The molecule has 0 radical (unpaired) electrons. The second-order valence-corrected chi connectivity index (χ2v) is 6.43. The highest BCUT2D eigenvalue weighted by atomic mass is 16.5. The lowest BCUT2D eigenvalue weighted by atomic mass is 9.81. The van der Waals surface area contributed by atoms with Gasteiger partial charge in [0.1, 0.15) is 0 Å². The lowest BCUT2D eigenvalue weighted by molar-refractivity contribution is -0.0412. The maximum Gasteiger partial charge on any atom is 0.0620 e. The van der Waals surface area contributed by atoms with Gasteiger partial charge in [-0.05, 0) is 43.4 Å². The zero-order chi connectivity index (χ0) is 14.8. The van der Waals surface area contributed by atoms with Crippen molar-refractivity contribution in [2.45, 2.75) is 45.3 Å². The quantitative estimate of drug-likeness (QED) is 0.919. The van der Waals surface area contributed by atoms with Crippen molar-refractivity contribution in [1.29, 1.82) is 0 Å². The van der Waals surface area contributed by atoms with Gasteiger partial charge in [0.25, 0.3) is 0 Å². The molecule has 2 N–H and O–H groups in total. The van der Waals surface area contributed by atoms with E-state index < -0.39 is 0 Å². The minimum atomic E-state index is 0.0149. The Morgan fingerprint density at radius 2 is 2.20 bits per heavy atom. The maximum atomic E-state index is 6.18. The number of rotatable bonds is 4. The fourth-order valence-corrected chi connectivity index (χ4v) is 3.10. The second kappa shape index (κ2) is 6.15. The van der Waals surface area contributed by atoms with Crippen LogP contribution < -0.4 is 10.6 Å². The second-order valence-electron chi connectivity index (χ2n) is 6.43. The highest BCUT2D eigenvalue weighted by molar-refractivity contribution is 5.50. The van der Waals surface area contributed by atoms with Gasteiger partial charge in [0.15, 0.2) is 0 Å². The molecule has 2 atom stereocenters. The normalized spacial score (nSPS) is 26.8. The van der Waals surface area contributed by atoms with Crippen LogP contribution in [-0.2, 0) is 4.74 Å². The van der Waals surface area contributed by atoms with E-state index in [0.29, 0.717) is 18.6 Å². The van der Waals surface area contributed by atoms with Crippen LogP contribution in [0.5, 0.6) is 0 Å². The molecule has 3 heteroatoms. The molecule has 0 saturated carbocycles. The van der Waals surface area contributed by atoms with Gasteiger partial charge in [0.05, 0.1) is 11.6 Å². The maximum absolute atomic E-state index is 6.18. The first-order valence-corrected chi connectivity index (χ1v) is 7.61. The van der Waals surface area contributed by atoms with E-state index in [1.54, 1.807) is 0 Å². The average Bonchev–Trinajstić information content (AvgIpc) is 2.46. The van der Waals surface area contributed by atoms with E-state index in [4.69, 9.17) is 10.5 Å². The van der Waals surface area contributed by atoms with E-state index in [1.165, 1.54) is 11.3 Å². The molecule has 112 valence electrons. The number of likely N-dealkylation sites (N-methyl/N-ethyl adjacent to an activating group) is 1. The molecule has 3 nitrogen and oxygen atoms in total. The third-order valence-corrected chi connectivity index (χ3v) is 4.70. The van der Waals surface area contributed by atoms with Crippen molar-refractivity contribution in [3.8, 4) is 0 Å². The van der Waals surface area contributed by atoms with Gasteiger partial charge in [-0.1, -0.05) is 26.0 Å². The van der Waals surface area contributed by atoms with E-state index in [2.05, 4.69) is 57.0 Å². The molecule has 0 aromatic heterocycles. The van der Waals surface area contributed by atoms with Gasteiger partial charge in [-0.3, -0.25) is 0 Å². The Hall–Kier alpha value is -1.06. The molecule has 20 heavy (non-hydrogen) atoms. The van der Waals surface area contributed by atoms with E-state index in [1.807, 2.05) is 0 Å². The summed E-state index contributed by atoms with van der Waals surface area (Å²) in [7, 11) is 2.17. The van der Waals surface area contributed by atoms with Crippen molar-refractivity contribution in [3.05, 3.63) is 29.8 Å². The molecule has 0 amide bonds. The summed E-state index contributed by atoms with van der Waals surface area (Å²) in [5, 5.41) is 0. The number of aryl methyl sites for hydroxylation is 1. The topological polar surface area (TPSA) is 38.5 Å². The Labute approximate surface area is 123 Å². The van der Waals surface area contributed by atoms with Crippen molar-refractivity contribution in [1.82, 2.24) is 0 Å². The van der Waals surface area contributed by atoms with Gasteiger partial charge in [0, 0.05) is 25.9 Å². The number of nitrogens with two attached hydrogens (primary N) is 1. The first kappa shape index (κ1) is 15.3. The van der Waals surface area contributed by atoms with Gasteiger partial charge >= 0.3 is 0 Å². The largest absolute Gasteiger partial charge is 0.378 e. The van der Waals surface area contributed by atoms with Crippen LogP contribution in [0.4, 0.5) is 5.69 Å². The van der Waals surface area contributed by atoms with Crippen LogP contribution in [0.3, 0.4) is 0 Å². The van der Waals surface area contributed by atoms with Crippen LogP contribution in [-0.4, -0.2) is 31.8 Å². The van der Waals surface area contributed by atoms with Crippen LogP contribution in [0.1, 0.15) is 32.3 Å². The van der Waals surface area contributed by atoms with Crippen molar-refractivity contribution >= 4 is 5.69 Å². The number of hydrogen-bond donors (Lipinski definition) is 1. The van der Waals surface area contributed by atoms with Crippen LogP contribution in [0.15, 0.2) is 24.3 Å². The molecule has 0 bridgehead atoms. The Morgan fingerprint density at radius 1 is 1.45 bits per heavy atom. The molecule has 1 aromatic rings. The summed E-state index contributed by atoms with van der Waals surface area (Å²) in [4.78, 5) is 2.37. The van der Waals surface area contributed by atoms with Crippen LogP contribution >= 0.6 is 0 Å². The first-order valence-electron chi connectivity index (χ1n) is 7.61. The van der Waals surface area contributed by atoms with Crippen LogP contribution in [0, 0.1) is 12.8 Å². The SMILES string of the molecule is Cc1cccc(N(C)C2(CN)CCOC(C(C)C)C2)c1. The Bertz CT molecular complexity index is 446. The van der Waals surface area contributed by atoms with Crippen molar-refractivity contribution < 1.29 is 4.74 Å². The summed E-state index contributed by atoms with van der Waals surface area (Å²) in [5.41, 5.74) is 8.73. The standard InChI is InChI=1S/C17H28N2O/c1-13(2)16-11-17(12-18,8-9-20-16)19(4)15-7-5-6-14(3)10-15/h5-7,10,13,16H,8-9,11-12,18H2,1-4H3. The number of ether oxygens (including phenoxy) is 1. The monoisotopic (exact) mass is 276 g/mol. The van der Waals surface area contributed by atoms with E-state index in [0.717, 1.165) is 19.4 Å². The van der Waals surface area contributed by atoms with Gasteiger partial charge in [-0.15, -0.1) is 0 Å². The Morgan fingerprint density at radius 3 is 2.80 bits per heavy atom. The molecule has 1 aliphatic rings. The zero-order valence-corrected chi connectivity index (χ0v) is 13.2. The van der Waals surface area contributed by atoms with Crippen molar-refractivity contribution in [2.75, 3.05) is 25.1 Å². The highest BCUT2D eigenvalue weighted by Crippen LogP contribution is 2.35. The highest BCUT2D eigenvalue weighted by Gasteiger charge is 2.40. The van der Waals surface area contributed by atoms with Gasteiger partial charge in [-0.2, -0.15) is 0 Å². The number of hydrogen-bond acceptors (Lipinski definition) is 3. The number of nitrogens with zero attached hydrogens (tertiary/aromatic N) is 1. The first-order chi connectivity index (χ1) is 9.48. The van der Waals surface area contributed by atoms with E-state index in [-0.39, 0.29) is 5.54 Å². The lowest BCUT2D eigenvalue weighted by Gasteiger charge is -2.48. The minimum Gasteiger partial charge on any atom is -0.378 e. The smallest absolute Gasteiger partial charge is 0.0620 e. The van der Waals surface area contributed by atoms with Crippen LogP contribution in [0.25, 0.3) is 0 Å². The summed E-state index contributed by atoms with van der Waals surface area (Å²) in [6.45, 7) is 8.06. The number of benzene rings is 1. The molecular weight excluding hydrogens is 248 g/mol. The summed E-state index contributed by atoms with van der Waals surface area (Å²) in [5.74, 6) is 0.534. The summed E-state index contributed by atoms with van der Waals surface area (Å²) in [6.07, 6.45) is 2.31. The molecule has 1 aliphatic heterocycles. The molecule has 1 fully saturated rings. The van der Waals surface area contributed by atoms with E-state index >= 15 is 0 Å². The zero-order valence-electron chi connectivity index (χ0n) is 13.2. The summed E-state index contributed by atoms with van der Waals surface area (Å²) >= 11 is 0. The van der Waals surface area contributed by atoms with Crippen molar-refractivity contribution in [2.24, 2.45) is 11.7 Å². The molecule has 2 rings (SSSR count). The van der Waals surface area contributed by atoms with Crippen LogP contribution in [0.2, 0.25) is 0 Å². The average molecular weight is 276 g/mol. The summed E-state index contributed by atoms with van der Waals surface area (Å²) in [6, 6.07) is 8.65.